The standard InChI is InChI=1S/C33H35NO5/c1-25-6-10-28(11-7-25)31(16-20-38-30-14-15-32(26(2)23-30)39-24-33(35)36-3)29-12-8-27(9-13-29)5-4-17-34-18-21-37-22-19-34/h6-16,23H,17-22,24H2,1-3H3/b31-16+. The first-order valence-corrected chi connectivity index (χ1v) is 13.1. The predicted molar refractivity (Wildman–Crippen MR) is 153 cm³/mol. The van der Waals surface area contributed by atoms with E-state index < -0.39 is 5.97 Å². The number of hydrogen-bond acceptors (Lipinski definition) is 6. The van der Waals surface area contributed by atoms with Crippen molar-refractivity contribution < 1.29 is 23.7 Å². The van der Waals surface area contributed by atoms with Gasteiger partial charge in [-0.3, -0.25) is 4.90 Å². The molecule has 202 valence electrons. The summed E-state index contributed by atoms with van der Waals surface area (Å²) in [5.74, 6) is 7.50. The summed E-state index contributed by atoms with van der Waals surface area (Å²) >= 11 is 0. The van der Waals surface area contributed by atoms with Gasteiger partial charge in [0, 0.05) is 18.7 Å². The lowest BCUT2D eigenvalue weighted by Gasteiger charge is -2.24. The molecule has 1 heterocycles. The largest absolute Gasteiger partial charge is 0.489 e. The van der Waals surface area contributed by atoms with Gasteiger partial charge in [0.1, 0.15) is 18.1 Å². The van der Waals surface area contributed by atoms with Crippen LogP contribution < -0.4 is 9.47 Å². The maximum absolute atomic E-state index is 11.4. The smallest absolute Gasteiger partial charge is 0.343 e. The molecule has 6 nitrogen and oxygen atoms in total. The minimum atomic E-state index is -0.420. The first kappa shape index (κ1) is 28.0. The molecule has 0 spiro atoms. The van der Waals surface area contributed by atoms with Crippen LogP contribution in [0.25, 0.3) is 5.57 Å². The average Bonchev–Trinajstić information content (AvgIpc) is 2.96. The molecule has 6 heteroatoms. The van der Waals surface area contributed by atoms with Gasteiger partial charge < -0.3 is 18.9 Å². The van der Waals surface area contributed by atoms with Gasteiger partial charge in [0.25, 0.3) is 0 Å². The number of aryl methyl sites for hydroxylation is 2. The molecule has 1 aliphatic rings. The third-order valence-electron chi connectivity index (χ3n) is 6.45. The summed E-state index contributed by atoms with van der Waals surface area (Å²) in [5, 5.41) is 0. The second-order valence-electron chi connectivity index (χ2n) is 9.35. The molecule has 0 aromatic heterocycles. The topological polar surface area (TPSA) is 57.2 Å². The summed E-state index contributed by atoms with van der Waals surface area (Å²) in [6, 6.07) is 22.4. The Hall–Kier alpha value is -4.05. The normalized spacial score (nSPS) is 13.8. The van der Waals surface area contributed by atoms with Crippen molar-refractivity contribution in [1.82, 2.24) is 4.90 Å². The fraction of sp³-hybridized carbons (Fsp3) is 0.303. The van der Waals surface area contributed by atoms with Gasteiger partial charge in [0.05, 0.1) is 26.9 Å². The SMILES string of the molecule is COC(=O)COc1ccc(OC/C=C(\c2ccc(C)cc2)c2ccc(C#CCN3CCOCC3)cc2)cc1C. The van der Waals surface area contributed by atoms with Crippen LogP contribution in [-0.4, -0.2) is 64.0 Å². The van der Waals surface area contributed by atoms with Crippen LogP contribution in [0, 0.1) is 25.7 Å². The molecule has 4 rings (SSSR count). The van der Waals surface area contributed by atoms with Crippen molar-refractivity contribution in [3.63, 3.8) is 0 Å². The quantitative estimate of drug-likeness (QED) is 0.288. The Kier molecular flexibility index (Phi) is 10.2. The molecule has 3 aromatic rings. The number of morpholine rings is 1. The van der Waals surface area contributed by atoms with Crippen LogP contribution in [-0.2, 0) is 14.3 Å². The molecule has 1 fully saturated rings. The second kappa shape index (κ2) is 14.2. The van der Waals surface area contributed by atoms with Crippen LogP contribution in [0.15, 0.2) is 72.8 Å². The Bertz CT molecular complexity index is 1330. The first-order chi connectivity index (χ1) is 19.0. The molecule has 0 N–H and O–H groups in total. The summed E-state index contributed by atoms with van der Waals surface area (Å²) in [7, 11) is 1.34. The molecule has 1 aliphatic heterocycles. The number of hydrogen-bond donors (Lipinski definition) is 0. The zero-order chi connectivity index (χ0) is 27.5. The van der Waals surface area contributed by atoms with Crippen molar-refractivity contribution >= 4 is 11.5 Å². The van der Waals surface area contributed by atoms with Crippen LogP contribution in [0.3, 0.4) is 0 Å². The molecule has 1 saturated heterocycles. The summed E-state index contributed by atoms with van der Waals surface area (Å²) in [5.41, 5.74) is 6.41. The van der Waals surface area contributed by atoms with Crippen LogP contribution in [0.1, 0.15) is 27.8 Å². The lowest BCUT2D eigenvalue weighted by molar-refractivity contribution is -0.142. The summed E-state index contributed by atoms with van der Waals surface area (Å²) in [6.07, 6.45) is 2.10. The van der Waals surface area contributed by atoms with Gasteiger partial charge in [0.15, 0.2) is 6.61 Å². The van der Waals surface area contributed by atoms with Gasteiger partial charge in [-0.05, 0) is 72.5 Å². The highest BCUT2D eigenvalue weighted by Gasteiger charge is 2.09. The molecular weight excluding hydrogens is 490 g/mol. The van der Waals surface area contributed by atoms with E-state index in [4.69, 9.17) is 14.2 Å². The number of benzene rings is 3. The first-order valence-electron chi connectivity index (χ1n) is 13.1. The van der Waals surface area contributed by atoms with E-state index in [2.05, 4.69) is 83.0 Å². The Morgan fingerprint density at radius 1 is 0.949 bits per heavy atom. The number of carbonyl (C=O) groups excluding carboxylic acids is 1. The van der Waals surface area contributed by atoms with E-state index in [1.54, 1.807) is 6.07 Å². The number of nitrogens with zero attached hydrogens (tertiary/aromatic N) is 1. The highest BCUT2D eigenvalue weighted by Crippen LogP contribution is 2.26. The second-order valence-corrected chi connectivity index (χ2v) is 9.35. The monoisotopic (exact) mass is 525 g/mol. The molecule has 0 bridgehead atoms. The number of carbonyl (C=O) groups is 1. The molecule has 0 saturated carbocycles. The molecule has 0 amide bonds. The molecular formula is C33H35NO5. The Labute approximate surface area is 231 Å². The maximum Gasteiger partial charge on any atom is 0.343 e. The van der Waals surface area contributed by atoms with Crippen LogP contribution >= 0.6 is 0 Å². The number of esters is 1. The van der Waals surface area contributed by atoms with Gasteiger partial charge in [-0.15, -0.1) is 0 Å². The Morgan fingerprint density at radius 3 is 2.31 bits per heavy atom. The van der Waals surface area contributed by atoms with Crippen molar-refractivity contribution in [2.45, 2.75) is 13.8 Å². The fourth-order valence-electron chi connectivity index (χ4n) is 4.17. The van der Waals surface area contributed by atoms with Crippen molar-refractivity contribution in [2.24, 2.45) is 0 Å². The predicted octanol–water partition coefficient (Wildman–Crippen LogP) is 5.05. The van der Waals surface area contributed by atoms with Crippen molar-refractivity contribution in [1.29, 1.82) is 0 Å². The van der Waals surface area contributed by atoms with Crippen LogP contribution in [0.2, 0.25) is 0 Å². The third kappa shape index (κ3) is 8.47. The van der Waals surface area contributed by atoms with E-state index in [-0.39, 0.29) is 6.61 Å². The molecule has 0 unspecified atom stereocenters. The van der Waals surface area contributed by atoms with E-state index in [1.807, 2.05) is 19.1 Å². The third-order valence-corrected chi connectivity index (χ3v) is 6.45. The molecule has 3 aromatic carbocycles. The summed E-state index contributed by atoms with van der Waals surface area (Å²) in [6.45, 7) is 8.47. The zero-order valence-electron chi connectivity index (χ0n) is 22.9. The van der Waals surface area contributed by atoms with Crippen molar-refractivity contribution in [3.8, 4) is 23.3 Å². The van der Waals surface area contributed by atoms with E-state index in [0.29, 0.717) is 12.4 Å². The lowest BCUT2D eigenvalue weighted by atomic mass is 9.96. The average molecular weight is 526 g/mol. The Balaban J connectivity index is 1.45. The number of methoxy groups -OCH3 is 1. The number of ether oxygens (including phenoxy) is 4. The van der Waals surface area contributed by atoms with E-state index >= 15 is 0 Å². The van der Waals surface area contributed by atoms with E-state index in [9.17, 15) is 4.79 Å². The maximum atomic E-state index is 11.4. The molecule has 0 radical (unpaired) electrons. The molecule has 0 aliphatic carbocycles. The van der Waals surface area contributed by atoms with Gasteiger partial charge in [-0.2, -0.15) is 0 Å². The van der Waals surface area contributed by atoms with Gasteiger partial charge >= 0.3 is 5.97 Å². The lowest BCUT2D eigenvalue weighted by Crippen LogP contribution is -2.36. The van der Waals surface area contributed by atoms with Gasteiger partial charge in [-0.1, -0.05) is 53.8 Å². The van der Waals surface area contributed by atoms with Crippen LogP contribution in [0.5, 0.6) is 11.5 Å². The zero-order valence-corrected chi connectivity index (χ0v) is 22.9. The van der Waals surface area contributed by atoms with Crippen molar-refractivity contribution in [2.75, 3.05) is 53.2 Å². The summed E-state index contributed by atoms with van der Waals surface area (Å²) < 4.78 is 21.6. The van der Waals surface area contributed by atoms with E-state index in [0.717, 1.165) is 66.4 Å². The number of rotatable bonds is 9. The van der Waals surface area contributed by atoms with Crippen molar-refractivity contribution in [3.05, 3.63) is 101 Å². The van der Waals surface area contributed by atoms with Gasteiger partial charge in [0.2, 0.25) is 0 Å². The summed E-state index contributed by atoms with van der Waals surface area (Å²) in [4.78, 5) is 13.7. The fourth-order valence-corrected chi connectivity index (χ4v) is 4.17. The van der Waals surface area contributed by atoms with Gasteiger partial charge in [-0.25, -0.2) is 4.79 Å². The highest BCUT2D eigenvalue weighted by molar-refractivity contribution is 5.80. The highest BCUT2D eigenvalue weighted by atomic mass is 16.6. The minimum absolute atomic E-state index is 0.127. The van der Waals surface area contributed by atoms with E-state index in [1.165, 1.54) is 12.7 Å². The van der Waals surface area contributed by atoms with Crippen LogP contribution in [0.4, 0.5) is 0 Å². The minimum Gasteiger partial charge on any atom is -0.489 e. The Morgan fingerprint density at radius 2 is 1.64 bits per heavy atom. The molecule has 39 heavy (non-hydrogen) atoms. The molecule has 0 atom stereocenters.